The Labute approximate surface area is 170 Å². The summed E-state index contributed by atoms with van der Waals surface area (Å²) < 4.78 is 34.9. The first kappa shape index (κ1) is 18.2. The van der Waals surface area contributed by atoms with Crippen molar-refractivity contribution in [1.82, 2.24) is 4.90 Å². The molecule has 2 saturated carbocycles. The highest BCUT2D eigenvalue weighted by atomic mass is 32.2. The van der Waals surface area contributed by atoms with E-state index in [1.807, 2.05) is 6.07 Å². The van der Waals surface area contributed by atoms with Crippen LogP contribution in [-0.2, 0) is 26.7 Å². The van der Waals surface area contributed by atoms with Crippen molar-refractivity contribution >= 4 is 15.9 Å². The highest BCUT2D eigenvalue weighted by molar-refractivity contribution is 7.86. The first-order valence-corrected chi connectivity index (χ1v) is 12.3. The predicted octanol–water partition coefficient (Wildman–Crippen LogP) is 1.16. The summed E-state index contributed by atoms with van der Waals surface area (Å²) >= 11 is 0. The molecule has 5 aliphatic rings. The van der Waals surface area contributed by atoms with Crippen LogP contribution < -0.4 is 8.92 Å². The van der Waals surface area contributed by atoms with Gasteiger partial charge in [-0.2, -0.15) is 8.42 Å². The van der Waals surface area contributed by atoms with Gasteiger partial charge in [0.15, 0.2) is 23.4 Å². The average Bonchev–Trinajstić information content (AvgIpc) is 3.38. The third kappa shape index (κ3) is 2.31. The Morgan fingerprint density at radius 1 is 1.31 bits per heavy atom. The molecule has 2 heterocycles. The van der Waals surface area contributed by atoms with Gasteiger partial charge in [-0.3, -0.25) is 9.69 Å². The zero-order chi connectivity index (χ0) is 20.2. The zero-order valence-corrected chi connectivity index (χ0v) is 17.2. The number of aliphatic hydroxyl groups is 1. The smallest absolute Gasteiger partial charge is 0.306 e. The Morgan fingerprint density at radius 2 is 2.10 bits per heavy atom. The number of rotatable bonds is 4. The molecule has 1 spiro atoms. The fraction of sp³-hybridized carbons (Fsp3) is 0.667. The Morgan fingerprint density at radius 3 is 2.83 bits per heavy atom. The third-order valence-electron chi connectivity index (χ3n) is 7.78. The minimum Gasteiger partial charge on any atom is -0.477 e. The predicted molar refractivity (Wildman–Crippen MR) is 104 cm³/mol. The second-order valence-corrected chi connectivity index (χ2v) is 11.1. The molecule has 29 heavy (non-hydrogen) atoms. The number of nitrogens with zero attached hydrogens (tertiary/aromatic N) is 1. The van der Waals surface area contributed by atoms with E-state index in [9.17, 15) is 18.3 Å². The lowest BCUT2D eigenvalue weighted by molar-refractivity contribution is -0.188. The molecule has 3 fully saturated rings. The number of likely N-dealkylation sites (tertiary alicyclic amines) is 1. The fourth-order valence-electron chi connectivity index (χ4n) is 6.48. The zero-order valence-electron chi connectivity index (χ0n) is 16.4. The van der Waals surface area contributed by atoms with Crippen LogP contribution >= 0.6 is 0 Å². The van der Waals surface area contributed by atoms with Crippen molar-refractivity contribution in [2.75, 3.05) is 19.3 Å². The van der Waals surface area contributed by atoms with Crippen molar-refractivity contribution in [1.29, 1.82) is 0 Å². The van der Waals surface area contributed by atoms with Gasteiger partial charge in [0, 0.05) is 24.6 Å². The molecule has 0 amide bonds. The van der Waals surface area contributed by atoms with Gasteiger partial charge >= 0.3 is 10.1 Å². The maximum Gasteiger partial charge on any atom is 0.306 e. The van der Waals surface area contributed by atoms with Gasteiger partial charge in [0.2, 0.25) is 0 Å². The molecule has 2 unspecified atom stereocenters. The van der Waals surface area contributed by atoms with Crippen LogP contribution in [0, 0.1) is 5.92 Å². The molecule has 1 aromatic carbocycles. The summed E-state index contributed by atoms with van der Waals surface area (Å²) in [6, 6.07) is 3.47. The van der Waals surface area contributed by atoms with E-state index in [1.165, 1.54) is 12.8 Å². The van der Waals surface area contributed by atoms with Gasteiger partial charge < -0.3 is 14.0 Å². The molecule has 1 N–H and O–H groups in total. The average molecular weight is 419 g/mol. The van der Waals surface area contributed by atoms with Crippen LogP contribution in [0.1, 0.15) is 43.2 Å². The van der Waals surface area contributed by atoms with E-state index < -0.39 is 27.2 Å². The fourth-order valence-corrected chi connectivity index (χ4v) is 6.94. The van der Waals surface area contributed by atoms with E-state index in [2.05, 4.69) is 4.90 Å². The summed E-state index contributed by atoms with van der Waals surface area (Å²) in [6.45, 7) is 1.81. The molecule has 0 aromatic heterocycles. The number of ketones is 1. The summed E-state index contributed by atoms with van der Waals surface area (Å²) in [4.78, 5) is 15.3. The van der Waals surface area contributed by atoms with Gasteiger partial charge in [-0.15, -0.1) is 0 Å². The van der Waals surface area contributed by atoms with Crippen LogP contribution in [0.5, 0.6) is 11.5 Å². The van der Waals surface area contributed by atoms with Crippen LogP contribution in [0.3, 0.4) is 0 Å². The van der Waals surface area contributed by atoms with E-state index in [4.69, 9.17) is 8.92 Å². The maximum atomic E-state index is 12.9. The van der Waals surface area contributed by atoms with Gasteiger partial charge in [-0.05, 0) is 56.2 Å². The Kier molecular flexibility index (Phi) is 3.46. The van der Waals surface area contributed by atoms with Crippen LogP contribution in [0.25, 0.3) is 0 Å². The van der Waals surface area contributed by atoms with Crippen molar-refractivity contribution in [3.8, 4) is 11.5 Å². The monoisotopic (exact) mass is 419 g/mol. The van der Waals surface area contributed by atoms with Crippen molar-refractivity contribution in [3.63, 3.8) is 0 Å². The summed E-state index contributed by atoms with van der Waals surface area (Å²) in [5.41, 5.74) is -0.0252. The minimum atomic E-state index is -3.74. The molecule has 6 rings (SSSR count). The van der Waals surface area contributed by atoms with Crippen LogP contribution in [-0.4, -0.2) is 61.3 Å². The number of ether oxygens (including phenoxy) is 1. The van der Waals surface area contributed by atoms with Crippen LogP contribution in [0.15, 0.2) is 12.1 Å². The van der Waals surface area contributed by atoms with Gasteiger partial charge in [-0.1, -0.05) is 6.07 Å². The van der Waals surface area contributed by atoms with Gasteiger partial charge in [0.1, 0.15) is 0 Å². The first-order chi connectivity index (χ1) is 13.7. The lowest BCUT2D eigenvalue weighted by Gasteiger charge is -2.62. The van der Waals surface area contributed by atoms with E-state index in [0.29, 0.717) is 25.0 Å². The Balaban J connectivity index is 1.54. The normalized spacial score (nSPS) is 37.8. The van der Waals surface area contributed by atoms with E-state index in [-0.39, 0.29) is 24.0 Å². The number of carbonyl (C=O) groups is 1. The number of Topliss-reactive ketones (excluding diaryl/α,β-unsaturated/α-hetero) is 1. The highest BCUT2D eigenvalue weighted by Crippen LogP contribution is 2.65. The number of hydrogen-bond donors (Lipinski definition) is 1. The van der Waals surface area contributed by atoms with Crippen molar-refractivity contribution < 1.29 is 27.2 Å². The van der Waals surface area contributed by atoms with Crippen LogP contribution in [0.4, 0.5) is 0 Å². The summed E-state index contributed by atoms with van der Waals surface area (Å²) in [6.07, 6.45) is 4.74. The lowest BCUT2D eigenvalue weighted by atomic mass is 9.49. The first-order valence-electron chi connectivity index (χ1n) is 10.4. The molecular formula is C21H25NO6S. The summed E-state index contributed by atoms with van der Waals surface area (Å²) in [5, 5.41) is 12.1. The Hall–Kier alpha value is -1.64. The van der Waals surface area contributed by atoms with Gasteiger partial charge in [-0.25, -0.2) is 0 Å². The maximum absolute atomic E-state index is 12.9. The SMILES string of the molecule is CS(=O)(=O)Oc1ccc2c3c1OC1C(=O)CCC4(O)[C@@H](C2)N(CC2CC2)CC[C@]314. The number of benzene rings is 1. The molecular weight excluding hydrogens is 394 g/mol. The van der Waals surface area contributed by atoms with E-state index in [0.717, 1.165) is 36.4 Å². The quantitative estimate of drug-likeness (QED) is 0.732. The van der Waals surface area contributed by atoms with Crippen molar-refractivity contribution in [2.45, 2.75) is 61.7 Å². The summed E-state index contributed by atoms with van der Waals surface area (Å²) in [5.74, 6) is 1.15. The lowest BCUT2D eigenvalue weighted by Crippen LogP contribution is -2.76. The van der Waals surface area contributed by atoms with Crippen molar-refractivity contribution in [3.05, 3.63) is 23.3 Å². The Bertz CT molecular complexity index is 1030. The molecule has 4 atom stereocenters. The number of hydrogen-bond acceptors (Lipinski definition) is 7. The molecule has 3 aliphatic carbocycles. The molecule has 8 heteroatoms. The summed E-state index contributed by atoms with van der Waals surface area (Å²) in [7, 11) is -3.74. The molecule has 2 aliphatic heterocycles. The second-order valence-electron chi connectivity index (χ2n) is 9.48. The van der Waals surface area contributed by atoms with Gasteiger partial charge in [0.25, 0.3) is 0 Å². The second kappa shape index (κ2) is 5.53. The minimum absolute atomic E-state index is 0.0153. The molecule has 156 valence electrons. The van der Waals surface area contributed by atoms with Crippen LogP contribution in [0.2, 0.25) is 0 Å². The molecule has 1 aromatic rings. The van der Waals surface area contributed by atoms with Gasteiger partial charge in [0.05, 0.1) is 17.3 Å². The number of carbonyl (C=O) groups excluding carboxylic acids is 1. The molecule has 2 bridgehead atoms. The number of piperidine rings is 1. The highest BCUT2D eigenvalue weighted by Gasteiger charge is 2.73. The van der Waals surface area contributed by atoms with E-state index >= 15 is 0 Å². The molecule has 0 radical (unpaired) electrons. The largest absolute Gasteiger partial charge is 0.477 e. The molecule has 1 saturated heterocycles. The third-order valence-corrected chi connectivity index (χ3v) is 8.27. The molecule has 7 nitrogen and oxygen atoms in total. The topological polar surface area (TPSA) is 93.1 Å². The standard InChI is InChI=1S/C21H25NO6S/c1-29(25,26)28-15-5-4-13-10-16-21(24)7-6-14(23)19-20(21,17(13)18(15)27-19)8-9-22(16)11-12-2-3-12/h4-5,12,16,19,24H,2-3,6-11H2,1H3/t16-,19?,20+,21?/m1/s1. The van der Waals surface area contributed by atoms with Crippen molar-refractivity contribution in [2.24, 2.45) is 5.92 Å². The van der Waals surface area contributed by atoms with E-state index in [1.54, 1.807) is 6.07 Å².